The lowest BCUT2D eigenvalue weighted by Gasteiger charge is -2.14. The summed E-state index contributed by atoms with van der Waals surface area (Å²) in [6.07, 6.45) is 6.24. The smallest absolute Gasteiger partial charge is 0.251 e. The van der Waals surface area contributed by atoms with E-state index >= 15 is 0 Å². The average molecular weight is 298 g/mol. The zero-order valence-corrected chi connectivity index (χ0v) is 13.0. The van der Waals surface area contributed by atoms with Gasteiger partial charge in [-0.05, 0) is 38.1 Å². The van der Waals surface area contributed by atoms with E-state index in [0.29, 0.717) is 12.1 Å². The van der Waals surface area contributed by atoms with Crippen LogP contribution < -0.4 is 5.32 Å². The Kier molecular flexibility index (Phi) is 4.53. The minimum Gasteiger partial charge on any atom is -0.351 e. The lowest BCUT2D eigenvalue weighted by atomic mass is 10.1. The molecule has 0 atom stereocenters. The van der Waals surface area contributed by atoms with Gasteiger partial charge in [0.25, 0.3) is 5.91 Å². The number of nitrogens with zero attached hydrogens (tertiary/aromatic N) is 3. The SMILES string of the molecule is Cn1ccnc1-c1ccc(C(=O)NCCN2CCCC2)cc1. The van der Waals surface area contributed by atoms with Crippen LogP contribution in [0, 0.1) is 0 Å². The molecule has 2 heterocycles. The Bertz CT molecular complexity index is 626. The standard InChI is InChI=1S/C17H22N4O/c1-20-12-8-18-16(20)14-4-6-15(7-5-14)17(22)19-9-13-21-10-2-3-11-21/h4-8,12H,2-3,9-11,13H2,1H3,(H,19,22). The fourth-order valence-corrected chi connectivity index (χ4v) is 2.85. The van der Waals surface area contributed by atoms with Crippen molar-refractivity contribution in [3.05, 3.63) is 42.2 Å². The van der Waals surface area contributed by atoms with Gasteiger partial charge < -0.3 is 14.8 Å². The van der Waals surface area contributed by atoms with Gasteiger partial charge in [0.1, 0.15) is 5.82 Å². The van der Waals surface area contributed by atoms with Gasteiger partial charge in [0, 0.05) is 43.7 Å². The molecule has 0 aliphatic carbocycles. The van der Waals surface area contributed by atoms with Crippen LogP contribution in [0.5, 0.6) is 0 Å². The second-order valence-electron chi connectivity index (χ2n) is 5.74. The van der Waals surface area contributed by atoms with Crippen molar-refractivity contribution < 1.29 is 4.79 Å². The second kappa shape index (κ2) is 6.75. The van der Waals surface area contributed by atoms with Crippen molar-refractivity contribution >= 4 is 5.91 Å². The summed E-state index contributed by atoms with van der Waals surface area (Å²) >= 11 is 0. The van der Waals surface area contributed by atoms with Crippen LogP contribution in [-0.2, 0) is 7.05 Å². The fourth-order valence-electron chi connectivity index (χ4n) is 2.85. The number of benzene rings is 1. The lowest BCUT2D eigenvalue weighted by Crippen LogP contribution is -2.33. The van der Waals surface area contributed by atoms with E-state index in [2.05, 4.69) is 15.2 Å². The normalized spacial score (nSPS) is 15.1. The highest BCUT2D eigenvalue weighted by molar-refractivity contribution is 5.94. The number of aromatic nitrogens is 2. The maximum absolute atomic E-state index is 12.1. The molecule has 5 nitrogen and oxygen atoms in total. The molecule has 0 bridgehead atoms. The summed E-state index contributed by atoms with van der Waals surface area (Å²) in [4.78, 5) is 18.8. The summed E-state index contributed by atoms with van der Waals surface area (Å²) < 4.78 is 1.96. The van der Waals surface area contributed by atoms with Crippen molar-refractivity contribution in [2.45, 2.75) is 12.8 Å². The molecule has 1 amide bonds. The number of aryl methyl sites for hydroxylation is 1. The van der Waals surface area contributed by atoms with Gasteiger partial charge in [-0.15, -0.1) is 0 Å². The van der Waals surface area contributed by atoms with Gasteiger partial charge in [-0.25, -0.2) is 4.98 Å². The molecule has 1 aromatic heterocycles. The highest BCUT2D eigenvalue weighted by atomic mass is 16.1. The van der Waals surface area contributed by atoms with Crippen LogP contribution in [0.3, 0.4) is 0 Å². The van der Waals surface area contributed by atoms with Crippen molar-refractivity contribution in [1.82, 2.24) is 19.8 Å². The zero-order chi connectivity index (χ0) is 15.4. The first-order chi connectivity index (χ1) is 10.7. The van der Waals surface area contributed by atoms with Gasteiger partial charge >= 0.3 is 0 Å². The highest BCUT2D eigenvalue weighted by Gasteiger charge is 2.12. The van der Waals surface area contributed by atoms with E-state index in [9.17, 15) is 4.79 Å². The number of hydrogen-bond donors (Lipinski definition) is 1. The molecule has 0 saturated carbocycles. The third-order valence-corrected chi connectivity index (χ3v) is 4.14. The molecule has 1 aliphatic heterocycles. The van der Waals surface area contributed by atoms with E-state index in [1.54, 1.807) is 6.20 Å². The third kappa shape index (κ3) is 3.36. The Hall–Kier alpha value is -2.14. The van der Waals surface area contributed by atoms with Crippen molar-refractivity contribution in [3.63, 3.8) is 0 Å². The molecular formula is C17H22N4O. The third-order valence-electron chi connectivity index (χ3n) is 4.14. The number of likely N-dealkylation sites (tertiary alicyclic amines) is 1. The molecule has 5 heteroatoms. The van der Waals surface area contributed by atoms with E-state index < -0.39 is 0 Å². The van der Waals surface area contributed by atoms with E-state index in [0.717, 1.165) is 31.0 Å². The maximum Gasteiger partial charge on any atom is 0.251 e. The highest BCUT2D eigenvalue weighted by Crippen LogP contribution is 2.17. The van der Waals surface area contributed by atoms with Gasteiger partial charge in [0.15, 0.2) is 0 Å². The van der Waals surface area contributed by atoms with Crippen LogP contribution in [0.1, 0.15) is 23.2 Å². The average Bonchev–Trinajstić information content (AvgIpc) is 3.19. The number of carbonyl (C=O) groups excluding carboxylic acids is 1. The van der Waals surface area contributed by atoms with E-state index in [1.807, 2.05) is 42.1 Å². The first-order valence-corrected chi connectivity index (χ1v) is 7.82. The van der Waals surface area contributed by atoms with Gasteiger partial charge in [0.2, 0.25) is 0 Å². The Labute approximate surface area is 131 Å². The molecule has 1 N–H and O–H groups in total. The van der Waals surface area contributed by atoms with Crippen molar-refractivity contribution in [2.75, 3.05) is 26.2 Å². The second-order valence-corrected chi connectivity index (χ2v) is 5.74. The minimum absolute atomic E-state index is 0.00872. The van der Waals surface area contributed by atoms with Gasteiger partial charge in [0.05, 0.1) is 0 Å². The lowest BCUT2D eigenvalue weighted by molar-refractivity contribution is 0.0950. The first kappa shape index (κ1) is 14.8. The summed E-state index contributed by atoms with van der Waals surface area (Å²) in [5.74, 6) is 0.895. The Morgan fingerprint density at radius 2 is 1.95 bits per heavy atom. The largest absolute Gasteiger partial charge is 0.351 e. The van der Waals surface area contributed by atoms with Gasteiger partial charge in [-0.2, -0.15) is 0 Å². The van der Waals surface area contributed by atoms with Crippen LogP contribution in [0.2, 0.25) is 0 Å². The van der Waals surface area contributed by atoms with Crippen LogP contribution >= 0.6 is 0 Å². The Morgan fingerprint density at radius 3 is 2.59 bits per heavy atom. The maximum atomic E-state index is 12.1. The molecule has 2 aromatic rings. The fraction of sp³-hybridized carbons (Fsp3) is 0.412. The number of nitrogens with one attached hydrogen (secondary N) is 1. The summed E-state index contributed by atoms with van der Waals surface area (Å²) in [6.45, 7) is 3.97. The molecule has 0 unspecified atom stereocenters. The topological polar surface area (TPSA) is 50.2 Å². The monoisotopic (exact) mass is 298 g/mol. The van der Waals surface area contributed by atoms with Crippen LogP contribution in [0.15, 0.2) is 36.7 Å². The van der Waals surface area contributed by atoms with Crippen molar-refractivity contribution in [1.29, 1.82) is 0 Å². The van der Waals surface area contributed by atoms with Gasteiger partial charge in [-0.3, -0.25) is 4.79 Å². The van der Waals surface area contributed by atoms with E-state index in [-0.39, 0.29) is 5.91 Å². The summed E-state index contributed by atoms with van der Waals surface area (Å²) in [5.41, 5.74) is 1.71. The molecule has 116 valence electrons. The molecule has 3 rings (SSSR count). The molecule has 0 radical (unpaired) electrons. The number of rotatable bonds is 5. The first-order valence-electron chi connectivity index (χ1n) is 7.82. The number of hydrogen-bond acceptors (Lipinski definition) is 3. The van der Waals surface area contributed by atoms with Crippen LogP contribution in [0.25, 0.3) is 11.4 Å². The molecule has 0 spiro atoms. The predicted molar refractivity (Wildman–Crippen MR) is 86.7 cm³/mol. The van der Waals surface area contributed by atoms with Gasteiger partial charge in [-0.1, -0.05) is 12.1 Å². The molecule has 1 aliphatic rings. The molecule has 22 heavy (non-hydrogen) atoms. The zero-order valence-electron chi connectivity index (χ0n) is 13.0. The van der Waals surface area contributed by atoms with Crippen LogP contribution in [0.4, 0.5) is 0 Å². The molecule has 1 saturated heterocycles. The number of amides is 1. The number of carbonyl (C=O) groups is 1. The Morgan fingerprint density at radius 1 is 1.23 bits per heavy atom. The minimum atomic E-state index is -0.00872. The summed E-state index contributed by atoms with van der Waals surface area (Å²) in [7, 11) is 1.96. The Balaban J connectivity index is 1.55. The molecular weight excluding hydrogens is 276 g/mol. The number of imidazole rings is 1. The quantitative estimate of drug-likeness (QED) is 0.917. The molecule has 1 aromatic carbocycles. The predicted octanol–water partition coefficient (Wildman–Crippen LogP) is 1.91. The summed E-state index contributed by atoms with van der Waals surface area (Å²) in [6, 6.07) is 7.60. The van der Waals surface area contributed by atoms with Crippen molar-refractivity contribution in [2.24, 2.45) is 7.05 Å². The van der Waals surface area contributed by atoms with E-state index in [1.165, 1.54) is 12.8 Å². The van der Waals surface area contributed by atoms with E-state index in [4.69, 9.17) is 0 Å². The van der Waals surface area contributed by atoms with Crippen molar-refractivity contribution in [3.8, 4) is 11.4 Å². The molecule has 1 fully saturated rings. The summed E-state index contributed by atoms with van der Waals surface area (Å²) in [5, 5.41) is 2.99. The van der Waals surface area contributed by atoms with Crippen LogP contribution in [-0.4, -0.2) is 46.5 Å².